The molecule has 0 bridgehead atoms. The molecule has 7 heteroatoms. The molecular weight excluding hydrogens is 298 g/mol. The summed E-state index contributed by atoms with van der Waals surface area (Å²) in [5.74, 6) is 0.422. The highest BCUT2D eigenvalue weighted by Gasteiger charge is 2.28. The van der Waals surface area contributed by atoms with Crippen LogP contribution in [0, 0.1) is 0 Å². The second kappa shape index (κ2) is 9.09. The fraction of sp³-hybridized carbons (Fsp3) is 0.562. The third kappa shape index (κ3) is 5.21. The highest BCUT2D eigenvalue weighted by molar-refractivity contribution is 6.01. The maximum atomic E-state index is 12.0. The monoisotopic (exact) mass is 321 g/mol. The molecule has 1 aromatic heterocycles. The standard InChI is InChI=1S/C16H23N3O4/c1-2-3-9-22-10-5-8-17-14(20)11-19-15(21)12-23-13-6-4-7-18-16(13)19/h4,6-7H,2-3,5,8-12H2,1H3,(H,17,20). The van der Waals surface area contributed by atoms with Gasteiger partial charge in [-0.15, -0.1) is 0 Å². The number of nitrogens with zero attached hydrogens (tertiary/aromatic N) is 2. The Morgan fingerprint density at radius 3 is 3.09 bits per heavy atom. The van der Waals surface area contributed by atoms with Crippen molar-refractivity contribution in [3.63, 3.8) is 0 Å². The van der Waals surface area contributed by atoms with E-state index in [1.54, 1.807) is 18.3 Å². The number of pyridine rings is 1. The summed E-state index contributed by atoms with van der Waals surface area (Å²) >= 11 is 0. The molecule has 0 atom stereocenters. The number of ether oxygens (including phenoxy) is 2. The normalized spacial score (nSPS) is 13.4. The van der Waals surface area contributed by atoms with Crippen molar-refractivity contribution in [3.05, 3.63) is 18.3 Å². The number of unbranched alkanes of at least 4 members (excludes halogenated alkanes) is 1. The van der Waals surface area contributed by atoms with Gasteiger partial charge in [-0.2, -0.15) is 0 Å². The van der Waals surface area contributed by atoms with Gasteiger partial charge in [0.25, 0.3) is 5.91 Å². The number of carbonyl (C=O) groups is 2. The highest BCUT2D eigenvalue weighted by atomic mass is 16.5. The topological polar surface area (TPSA) is 80.8 Å². The Labute approximate surface area is 136 Å². The van der Waals surface area contributed by atoms with Crippen molar-refractivity contribution in [2.75, 3.05) is 37.8 Å². The average molecular weight is 321 g/mol. The average Bonchev–Trinajstić information content (AvgIpc) is 2.57. The lowest BCUT2D eigenvalue weighted by Gasteiger charge is -2.27. The van der Waals surface area contributed by atoms with Crippen molar-refractivity contribution in [3.8, 4) is 5.75 Å². The van der Waals surface area contributed by atoms with Gasteiger partial charge in [-0.3, -0.25) is 14.5 Å². The van der Waals surface area contributed by atoms with Crippen LogP contribution >= 0.6 is 0 Å². The molecule has 23 heavy (non-hydrogen) atoms. The van der Waals surface area contributed by atoms with Gasteiger partial charge in [0.2, 0.25) is 5.91 Å². The first-order valence-electron chi connectivity index (χ1n) is 7.95. The SMILES string of the molecule is CCCCOCCCNC(=O)CN1C(=O)COc2cccnc21. The van der Waals surface area contributed by atoms with Crippen molar-refractivity contribution in [2.24, 2.45) is 0 Å². The summed E-state index contributed by atoms with van der Waals surface area (Å²) in [6, 6.07) is 3.46. The molecule has 0 unspecified atom stereocenters. The molecule has 2 amide bonds. The van der Waals surface area contributed by atoms with Crippen LogP contribution < -0.4 is 15.0 Å². The van der Waals surface area contributed by atoms with Gasteiger partial charge < -0.3 is 14.8 Å². The van der Waals surface area contributed by atoms with Gasteiger partial charge >= 0.3 is 0 Å². The lowest BCUT2D eigenvalue weighted by Crippen LogP contribution is -2.45. The molecule has 0 aromatic carbocycles. The van der Waals surface area contributed by atoms with Crippen molar-refractivity contribution in [2.45, 2.75) is 26.2 Å². The maximum absolute atomic E-state index is 12.0. The Kier molecular flexibility index (Phi) is 6.80. The van der Waals surface area contributed by atoms with E-state index in [9.17, 15) is 9.59 Å². The largest absolute Gasteiger partial charge is 0.480 e. The molecule has 0 saturated heterocycles. The molecule has 1 N–H and O–H groups in total. The maximum Gasteiger partial charge on any atom is 0.266 e. The summed E-state index contributed by atoms with van der Waals surface area (Å²) < 4.78 is 10.7. The van der Waals surface area contributed by atoms with Gasteiger partial charge in [0.05, 0.1) is 0 Å². The zero-order valence-corrected chi connectivity index (χ0v) is 13.4. The van der Waals surface area contributed by atoms with Crippen molar-refractivity contribution in [1.82, 2.24) is 10.3 Å². The van der Waals surface area contributed by atoms with E-state index in [2.05, 4.69) is 17.2 Å². The molecule has 0 saturated carbocycles. The molecule has 2 heterocycles. The fourth-order valence-corrected chi connectivity index (χ4v) is 2.15. The number of anilines is 1. The smallest absolute Gasteiger partial charge is 0.266 e. The predicted molar refractivity (Wildman–Crippen MR) is 85.4 cm³/mol. The third-order valence-corrected chi connectivity index (χ3v) is 3.39. The van der Waals surface area contributed by atoms with Crippen molar-refractivity contribution >= 4 is 17.6 Å². The minimum Gasteiger partial charge on any atom is -0.480 e. The summed E-state index contributed by atoms with van der Waals surface area (Å²) in [4.78, 5) is 29.4. The van der Waals surface area contributed by atoms with Crippen LogP contribution in [-0.2, 0) is 14.3 Å². The number of carbonyl (C=O) groups excluding carboxylic acids is 2. The van der Waals surface area contributed by atoms with Crippen LogP contribution in [0.15, 0.2) is 18.3 Å². The van der Waals surface area contributed by atoms with Gasteiger partial charge in [0.15, 0.2) is 18.2 Å². The van der Waals surface area contributed by atoms with Gasteiger partial charge in [-0.1, -0.05) is 13.3 Å². The van der Waals surface area contributed by atoms with Gasteiger partial charge in [-0.05, 0) is 25.0 Å². The summed E-state index contributed by atoms with van der Waals surface area (Å²) in [6.45, 7) is 3.90. The van der Waals surface area contributed by atoms with E-state index in [4.69, 9.17) is 9.47 Å². The molecule has 0 radical (unpaired) electrons. The fourth-order valence-electron chi connectivity index (χ4n) is 2.15. The van der Waals surface area contributed by atoms with E-state index in [1.165, 1.54) is 4.90 Å². The molecule has 1 aliphatic rings. The lowest BCUT2D eigenvalue weighted by atomic mass is 10.3. The van der Waals surface area contributed by atoms with E-state index in [0.717, 1.165) is 25.9 Å². The second-order valence-corrected chi connectivity index (χ2v) is 5.26. The quantitative estimate of drug-likeness (QED) is 0.690. The second-order valence-electron chi connectivity index (χ2n) is 5.26. The number of rotatable bonds is 9. The number of hydrogen-bond donors (Lipinski definition) is 1. The molecule has 0 fully saturated rings. The molecule has 1 aromatic rings. The molecule has 2 rings (SSSR count). The van der Waals surface area contributed by atoms with E-state index in [-0.39, 0.29) is 25.0 Å². The van der Waals surface area contributed by atoms with E-state index >= 15 is 0 Å². The van der Waals surface area contributed by atoms with E-state index in [0.29, 0.717) is 24.7 Å². The summed E-state index contributed by atoms with van der Waals surface area (Å²) in [6.07, 6.45) is 4.48. The van der Waals surface area contributed by atoms with Crippen LogP contribution in [0.25, 0.3) is 0 Å². The molecule has 0 aliphatic carbocycles. The van der Waals surface area contributed by atoms with E-state index in [1.807, 2.05) is 0 Å². The van der Waals surface area contributed by atoms with Crippen LogP contribution in [0.3, 0.4) is 0 Å². The summed E-state index contributed by atoms with van der Waals surface area (Å²) in [7, 11) is 0. The Bertz CT molecular complexity index is 536. The third-order valence-electron chi connectivity index (χ3n) is 3.39. The van der Waals surface area contributed by atoms with Crippen LogP contribution in [0.2, 0.25) is 0 Å². The zero-order valence-electron chi connectivity index (χ0n) is 13.4. The number of amides is 2. The van der Waals surface area contributed by atoms with Crippen molar-refractivity contribution in [1.29, 1.82) is 0 Å². The Morgan fingerprint density at radius 1 is 1.43 bits per heavy atom. The summed E-state index contributed by atoms with van der Waals surface area (Å²) in [5.41, 5.74) is 0. The Balaban J connectivity index is 1.74. The van der Waals surface area contributed by atoms with Gasteiger partial charge in [-0.25, -0.2) is 4.98 Å². The minimum absolute atomic E-state index is 0.0527. The first-order chi connectivity index (χ1) is 11.2. The van der Waals surface area contributed by atoms with Gasteiger partial charge in [0, 0.05) is 26.0 Å². The van der Waals surface area contributed by atoms with Crippen LogP contribution in [-0.4, -0.2) is 49.7 Å². The Hall–Kier alpha value is -2.15. The predicted octanol–water partition coefficient (Wildman–Crippen LogP) is 1.13. The molecule has 126 valence electrons. The van der Waals surface area contributed by atoms with Crippen molar-refractivity contribution < 1.29 is 19.1 Å². The van der Waals surface area contributed by atoms with E-state index < -0.39 is 0 Å². The molecule has 1 aliphatic heterocycles. The molecule has 7 nitrogen and oxygen atoms in total. The minimum atomic E-state index is -0.269. The lowest BCUT2D eigenvalue weighted by molar-refractivity contribution is -0.125. The highest BCUT2D eigenvalue weighted by Crippen LogP contribution is 2.28. The van der Waals surface area contributed by atoms with Crippen LogP contribution in [0.1, 0.15) is 26.2 Å². The summed E-state index contributed by atoms with van der Waals surface area (Å²) in [5, 5.41) is 2.79. The number of aromatic nitrogens is 1. The van der Waals surface area contributed by atoms with Gasteiger partial charge in [0.1, 0.15) is 6.54 Å². The molecule has 0 spiro atoms. The number of nitrogens with one attached hydrogen (secondary N) is 1. The van der Waals surface area contributed by atoms with Crippen LogP contribution in [0.4, 0.5) is 5.82 Å². The zero-order chi connectivity index (χ0) is 16.5. The van der Waals surface area contributed by atoms with Crippen LogP contribution in [0.5, 0.6) is 5.75 Å². The Morgan fingerprint density at radius 2 is 2.26 bits per heavy atom. The number of fused-ring (bicyclic) bond motifs is 1. The first kappa shape index (κ1) is 17.2. The number of hydrogen-bond acceptors (Lipinski definition) is 5. The molecular formula is C16H23N3O4. The first-order valence-corrected chi connectivity index (χ1v) is 7.95.